The molecule has 0 spiro atoms. The van der Waals surface area contributed by atoms with Crippen molar-refractivity contribution >= 4 is 0 Å². The lowest BCUT2D eigenvalue weighted by Crippen LogP contribution is -2.52. The molecule has 17 heavy (non-hydrogen) atoms. The number of fused-ring (bicyclic) bond motifs is 1. The summed E-state index contributed by atoms with van der Waals surface area (Å²) in [5.41, 5.74) is 0.0476. The Balaban J connectivity index is 1.56. The van der Waals surface area contributed by atoms with E-state index in [9.17, 15) is 0 Å². The zero-order chi connectivity index (χ0) is 11.9. The topological polar surface area (TPSA) is 24.5 Å². The van der Waals surface area contributed by atoms with Gasteiger partial charge in [-0.15, -0.1) is 0 Å². The van der Waals surface area contributed by atoms with Crippen LogP contribution in [0.2, 0.25) is 0 Å². The fourth-order valence-corrected chi connectivity index (χ4v) is 4.05. The van der Waals surface area contributed by atoms with Crippen molar-refractivity contribution in [3.63, 3.8) is 0 Å². The van der Waals surface area contributed by atoms with Gasteiger partial charge in [-0.1, -0.05) is 6.42 Å². The predicted octanol–water partition coefficient (Wildman–Crippen LogP) is 1.49. The molecule has 2 saturated heterocycles. The van der Waals surface area contributed by atoms with Gasteiger partial charge in [0.25, 0.3) is 0 Å². The van der Waals surface area contributed by atoms with Crippen LogP contribution in [0.25, 0.3) is 0 Å². The molecule has 0 aromatic carbocycles. The Morgan fingerprint density at radius 3 is 3.06 bits per heavy atom. The summed E-state index contributed by atoms with van der Waals surface area (Å²) in [5, 5.41) is 3.75. The molecular weight excluding hydrogens is 212 g/mol. The molecule has 0 bridgehead atoms. The van der Waals surface area contributed by atoms with Gasteiger partial charge in [0.15, 0.2) is 0 Å². The van der Waals surface area contributed by atoms with Gasteiger partial charge in [0, 0.05) is 25.7 Å². The highest BCUT2D eigenvalue weighted by molar-refractivity contribution is 4.96. The molecule has 3 aliphatic rings. The van der Waals surface area contributed by atoms with E-state index in [4.69, 9.17) is 4.74 Å². The first-order chi connectivity index (χ1) is 8.14. The molecule has 1 aliphatic carbocycles. The van der Waals surface area contributed by atoms with Crippen LogP contribution in [-0.4, -0.2) is 49.3 Å². The number of ether oxygens (including phenoxy) is 1. The molecule has 3 atom stereocenters. The van der Waals surface area contributed by atoms with Crippen LogP contribution in [-0.2, 0) is 4.74 Å². The number of nitrogens with zero attached hydrogens (tertiary/aromatic N) is 1. The van der Waals surface area contributed by atoms with E-state index < -0.39 is 0 Å². The quantitative estimate of drug-likeness (QED) is 0.789. The zero-order valence-corrected chi connectivity index (χ0v) is 11.2. The van der Waals surface area contributed by atoms with Crippen LogP contribution in [0.15, 0.2) is 0 Å². The van der Waals surface area contributed by atoms with Crippen molar-refractivity contribution in [2.24, 2.45) is 11.8 Å². The minimum atomic E-state index is 0.0476. The van der Waals surface area contributed by atoms with E-state index in [1.165, 1.54) is 32.4 Å². The molecule has 98 valence electrons. The highest BCUT2D eigenvalue weighted by Gasteiger charge is 2.40. The Kier molecular flexibility index (Phi) is 3.18. The Hall–Kier alpha value is -0.120. The molecular formula is C14H26N2O. The van der Waals surface area contributed by atoms with Crippen LogP contribution in [0.3, 0.4) is 0 Å². The molecule has 0 radical (unpaired) electrons. The maximum absolute atomic E-state index is 5.78. The lowest BCUT2D eigenvalue weighted by Gasteiger charge is -2.39. The third-order valence-electron chi connectivity index (χ3n) is 4.84. The fourth-order valence-electron chi connectivity index (χ4n) is 4.05. The summed E-state index contributed by atoms with van der Waals surface area (Å²) in [6.07, 6.45) is 4.38. The Labute approximate surface area is 105 Å². The van der Waals surface area contributed by atoms with Crippen molar-refractivity contribution in [2.75, 3.05) is 32.8 Å². The maximum atomic E-state index is 5.78. The number of hydrogen-bond donors (Lipinski definition) is 1. The molecule has 0 aromatic heterocycles. The standard InChI is InChI=1S/C14H26N2O/c1-14(2)10-16(6-7-17-14)9-13-12-5-3-4-11(12)8-15-13/h11-13,15H,3-10H2,1-2H3. The first kappa shape index (κ1) is 11.9. The zero-order valence-electron chi connectivity index (χ0n) is 11.2. The molecule has 3 nitrogen and oxygen atoms in total. The van der Waals surface area contributed by atoms with Crippen molar-refractivity contribution in [3.05, 3.63) is 0 Å². The average molecular weight is 238 g/mol. The number of morpholine rings is 1. The summed E-state index contributed by atoms with van der Waals surface area (Å²) in [5.74, 6) is 1.94. The highest BCUT2D eigenvalue weighted by atomic mass is 16.5. The van der Waals surface area contributed by atoms with Gasteiger partial charge in [-0.2, -0.15) is 0 Å². The van der Waals surface area contributed by atoms with E-state index >= 15 is 0 Å². The highest BCUT2D eigenvalue weighted by Crippen LogP contribution is 2.38. The van der Waals surface area contributed by atoms with Crippen molar-refractivity contribution < 1.29 is 4.74 Å². The average Bonchev–Trinajstić information content (AvgIpc) is 2.81. The molecule has 0 aromatic rings. The van der Waals surface area contributed by atoms with Gasteiger partial charge < -0.3 is 10.1 Å². The largest absolute Gasteiger partial charge is 0.373 e. The van der Waals surface area contributed by atoms with E-state index in [-0.39, 0.29) is 5.60 Å². The van der Waals surface area contributed by atoms with Gasteiger partial charge in [0.1, 0.15) is 0 Å². The maximum Gasteiger partial charge on any atom is 0.0753 e. The Bertz CT molecular complexity index is 279. The van der Waals surface area contributed by atoms with Crippen molar-refractivity contribution in [2.45, 2.75) is 44.8 Å². The van der Waals surface area contributed by atoms with Crippen LogP contribution in [0.1, 0.15) is 33.1 Å². The third kappa shape index (κ3) is 2.51. The van der Waals surface area contributed by atoms with Gasteiger partial charge in [0.05, 0.1) is 12.2 Å². The molecule has 3 rings (SSSR count). The van der Waals surface area contributed by atoms with Crippen molar-refractivity contribution in [1.82, 2.24) is 10.2 Å². The molecule has 2 aliphatic heterocycles. The summed E-state index contributed by atoms with van der Waals surface area (Å²) >= 11 is 0. The van der Waals surface area contributed by atoms with Crippen LogP contribution >= 0.6 is 0 Å². The number of hydrogen-bond acceptors (Lipinski definition) is 3. The minimum absolute atomic E-state index is 0.0476. The van der Waals surface area contributed by atoms with Crippen molar-refractivity contribution in [3.8, 4) is 0 Å². The summed E-state index contributed by atoms with van der Waals surface area (Å²) in [6.45, 7) is 10.0. The first-order valence-electron chi connectivity index (χ1n) is 7.24. The second-order valence-corrected chi connectivity index (χ2v) is 6.71. The second-order valence-electron chi connectivity index (χ2n) is 6.71. The molecule has 1 saturated carbocycles. The van der Waals surface area contributed by atoms with Crippen molar-refractivity contribution in [1.29, 1.82) is 0 Å². The Morgan fingerprint density at radius 1 is 1.35 bits per heavy atom. The van der Waals surface area contributed by atoms with Gasteiger partial charge in [0.2, 0.25) is 0 Å². The smallest absolute Gasteiger partial charge is 0.0753 e. The number of nitrogens with one attached hydrogen (secondary N) is 1. The van der Waals surface area contributed by atoms with E-state index in [1.54, 1.807) is 0 Å². The van der Waals surface area contributed by atoms with Crippen LogP contribution in [0.5, 0.6) is 0 Å². The number of rotatable bonds is 2. The molecule has 2 heterocycles. The predicted molar refractivity (Wildman–Crippen MR) is 69.1 cm³/mol. The van der Waals surface area contributed by atoms with Gasteiger partial charge in [-0.3, -0.25) is 4.90 Å². The van der Waals surface area contributed by atoms with E-state index in [1.807, 2.05) is 0 Å². The SMILES string of the molecule is CC1(C)CN(CC2NCC3CCCC32)CCO1. The lowest BCUT2D eigenvalue weighted by molar-refractivity contribution is -0.0880. The molecule has 3 unspecified atom stereocenters. The van der Waals surface area contributed by atoms with E-state index in [2.05, 4.69) is 24.1 Å². The molecule has 1 N–H and O–H groups in total. The normalized spacial score (nSPS) is 41.6. The third-order valence-corrected chi connectivity index (χ3v) is 4.84. The van der Waals surface area contributed by atoms with Gasteiger partial charge in [-0.25, -0.2) is 0 Å². The summed E-state index contributed by atoms with van der Waals surface area (Å²) < 4.78 is 5.78. The van der Waals surface area contributed by atoms with Gasteiger partial charge in [-0.05, 0) is 45.1 Å². The lowest BCUT2D eigenvalue weighted by atomic mass is 9.93. The van der Waals surface area contributed by atoms with Gasteiger partial charge >= 0.3 is 0 Å². The molecule has 3 fully saturated rings. The van der Waals surface area contributed by atoms with Crippen LogP contribution < -0.4 is 5.32 Å². The molecule has 3 heteroatoms. The fraction of sp³-hybridized carbons (Fsp3) is 1.00. The van der Waals surface area contributed by atoms with E-state index in [0.29, 0.717) is 0 Å². The second kappa shape index (κ2) is 4.52. The first-order valence-corrected chi connectivity index (χ1v) is 7.24. The Morgan fingerprint density at radius 2 is 2.24 bits per heavy atom. The monoisotopic (exact) mass is 238 g/mol. The minimum Gasteiger partial charge on any atom is -0.373 e. The summed E-state index contributed by atoms with van der Waals surface area (Å²) in [7, 11) is 0. The molecule has 0 amide bonds. The van der Waals surface area contributed by atoms with Crippen LogP contribution in [0, 0.1) is 11.8 Å². The summed E-state index contributed by atoms with van der Waals surface area (Å²) in [4.78, 5) is 2.60. The van der Waals surface area contributed by atoms with Crippen LogP contribution in [0.4, 0.5) is 0 Å². The van der Waals surface area contributed by atoms with E-state index in [0.717, 1.165) is 37.6 Å². The summed E-state index contributed by atoms with van der Waals surface area (Å²) in [6, 6.07) is 0.747.